The normalized spacial score (nSPS) is 23.4. The summed E-state index contributed by atoms with van der Waals surface area (Å²) in [6.07, 6.45) is 0. The predicted octanol–water partition coefficient (Wildman–Crippen LogP) is 4.83. The molecule has 0 saturated carbocycles. The molecule has 0 spiro atoms. The summed E-state index contributed by atoms with van der Waals surface area (Å²) < 4.78 is 9.59. The molecule has 1 heterocycles. The fourth-order valence-electron chi connectivity index (χ4n) is 3.20. The summed E-state index contributed by atoms with van der Waals surface area (Å²) in [5.74, 6) is 1.66. The molecule has 2 nitrogen and oxygen atoms in total. The maximum absolute atomic E-state index is 6.82. The van der Waals surface area contributed by atoms with E-state index < -0.39 is 8.85 Å². The van der Waals surface area contributed by atoms with Gasteiger partial charge in [0.1, 0.15) is 0 Å². The van der Waals surface area contributed by atoms with Crippen molar-refractivity contribution in [2.24, 2.45) is 0 Å². The van der Waals surface area contributed by atoms with Gasteiger partial charge in [-0.1, -0.05) is 0 Å². The average Bonchev–Trinajstić information content (AvgIpc) is 2.87. The van der Waals surface area contributed by atoms with Gasteiger partial charge in [0.2, 0.25) is 0 Å². The SMILES string of the molecule is [Se]=P1(c2ccccc2)Oc2cc3ccccc3cc2OP(=[Se])(c2ccccc2)[Se]1. The second-order valence-electron chi connectivity index (χ2n) is 6.58. The van der Waals surface area contributed by atoms with Crippen molar-refractivity contribution >= 4 is 74.5 Å². The molecule has 0 bridgehead atoms. The summed E-state index contributed by atoms with van der Waals surface area (Å²) in [6.45, 7) is 0. The maximum atomic E-state index is 6.82. The third-order valence-corrected chi connectivity index (χ3v) is 37.4. The van der Waals surface area contributed by atoms with Gasteiger partial charge < -0.3 is 0 Å². The molecule has 0 aromatic heterocycles. The van der Waals surface area contributed by atoms with E-state index in [0.717, 1.165) is 22.3 Å². The Balaban J connectivity index is 1.75. The average molecular weight is 611 g/mol. The van der Waals surface area contributed by atoms with E-state index >= 15 is 0 Å². The first kappa shape index (κ1) is 20.1. The van der Waals surface area contributed by atoms with E-state index in [1.165, 1.54) is 10.6 Å². The van der Waals surface area contributed by atoms with Crippen molar-refractivity contribution < 1.29 is 9.05 Å². The molecule has 0 N–H and O–H groups in total. The molecule has 4 aromatic rings. The van der Waals surface area contributed by atoms with E-state index in [1.54, 1.807) is 0 Å². The van der Waals surface area contributed by atoms with Crippen LogP contribution in [0.15, 0.2) is 97.1 Å². The van der Waals surface area contributed by atoms with Crippen LogP contribution < -0.4 is 19.7 Å². The molecule has 1 aliphatic heterocycles. The summed E-state index contributed by atoms with van der Waals surface area (Å²) in [7, 11) is 0. The van der Waals surface area contributed by atoms with Gasteiger partial charge in [0.15, 0.2) is 0 Å². The second kappa shape index (κ2) is 8.01. The molecule has 29 heavy (non-hydrogen) atoms. The molecule has 0 aliphatic carbocycles. The number of fused-ring (bicyclic) bond motifs is 2. The molecule has 1 aliphatic rings. The molecule has 0 saturated heterocycles. The second-order valence-corrected chi connectivity index (χ2v) is 33.7. The summed E-state index contributed by atoms with van der Waals surface area (Å²) in [5.41, 5.74) is 0. The Morgan fingerprint density at radius 1 is 0.552 bits per heavy atom. The van der Waals surface area contributed by atoms with Crippen molar-refractivity contribution in [2.45, 2.75) is 0 Å². The van der Waals surface area contributed by atoms with Crippen molar-refractivity contribution in [3.63, 3.8) is 0 Å². The van der Waals surface area contributed by atoms with Gasteiger partial charge in [-0.2, -0.15) is 0 Å². The Hall–Kier alpha value is -0.842. The number of benzene rings is 4. The first-order valence-electron chi connectivity index (χ1n) is 9.00. The molecule has 0 amide bonds. The van der Waals surface area contributed by atoms with Gasteiger partial charge >= 0.3 is 192 Å². The summed E-state index contributed by atoms with van der Waals surface area (Å²) >= 11 is 7.08. The first-order valence-corrected chi connectivity index (χ1v) is 21.3. The monoisotopic (exact) mass is 614 g/mol. The third kappa shape index (κ3) is 3.93. The van der Waals surface area contributed by atoms with Crippen LogP contribution in [0.1, 0.15) is 0 Å². The molecule has 0 radical (unpaired) electrons. The molecule has 2 atom stereocenters. The van der Waals surface area contributed by atoms with E-state index in [-0.39, 0.29) is 14.1 Å². The summed E-state index contributed by atoms with van der Waals surface area (Å²) in [4.78, 5) is 0. The van der Waals surface area contributed by atoms with Gasteiger partial charge in [-0.3, -0.25) is 0 Å². The van der Waals surface area contributed by atoms with Crippen molar-refractivity contribution in [1.82, 2.24) is 0 Å². The fraction of sp³-hybridized carbons (Fsp3) is 0. The van der Waals surface area contributed by atoms with E-state index in [9.17, 15) is 0 Å². The minimum atomic E-state index is -2.03. The Labute approximate surface area is 191 Å². The zero-order valence-corrected chi connectivity index (χ0v) is 22.1. The van der Waals surface area contributed by atoms with Crippen LogP contribution in [0.3, 0.4) is 0 Å². The Morgan fingerprint density at radius 2 is 0.931 bits per heavy atom. The third-order valence-electron chi connectivity index (χ3n) is 4.61. The van der Waals surface area contributed by atoms with Crippen molar-refractivity contribution in [2.75, 3.05) is 0 Å². The van der Waals surface area contributed by atoms with Crippen LogP contribution in [-0.2, 0) is 0 Å². The van der Waals surface area contributed by atoms with E-state index in [4.69, 9.17) is 9.05 Å². The standard InChI is InChI=1S/C22H16O2P2Se3/c27-25(19-11-3-1-4-12-19)23-21-15-17-9-7-8-10-18(17)16-22(21)24-26(28,29-25)20-13-5-2-6-14-20/h1-16H. The van der Waals surface area contributed by atoms with E-state index in [0.29, 0.717) is 0 Å². The summed E-state index contributed by atoms with van der Waals surface area (Å²) in [6, 6.07) is 33.7. The fourth-order valence-corrected chi connectivity index (χ4v) is 51.1. The zero-order valence-electron chi connectivity index (χ0n) is 15.2. The molecular formula is C22H16O2P2Se3. The first-order chi connectivity index (χ1) is 14.1. The van der Waals surface area contributed by atoms with Crippen molar-refractivity contribution in [3.05, 3.63) is 97.1 Å². The van der Waals surface area contributed by atoms with Gasteiger partial charge in [-0.05, 0) is 0 Å². The van der Waals surface area contributed by atoms with Crippen LogP contribution in [-0.4, -0.2) is 44.3 Å². The van der Waals surface area contributed by atoms with E-state index in [2.05, 4.69) is 127 Å². The van der Waals surface area contributed by atoms with Crippen LogP contribution in [0.4, 0.5) is 0 Å². The van der Waals surface area contributed by atoms with Crippen LogP contribution in [0.25, 0.3) is 10.8 Å². The summed E-state index contributed by atoms with van der Waals surface area (Å²) in [5, 5.41) is 4.79. The Bertz CT molecular complexity index is 1190. The van der Waals surface area contributed by atoms with Gasteiger partial charge in [-0.25, -0.2) is 0 Å². The minimum absolute atomic E-state index is 0.0634. The molecule has 5 rings (SSSR count). The zero-order chi connectivity index (χ0) is 19.9. The van der Waals surface area contributed by atoms with Gasteiger partial charge in [0.25, 0.3) is 0 Å². The van der Waals surface area contributed by atoms with Gasteiger partial charge in [0, 0.05) is 0 Å². The number of hydrogen-bond donors (Lipinski definition) is 0. The predicted molar refractivity (Wildman–Crippen MR) is 128 cm³/mol. The van der Waals surface area contributed by atoms with Crippen LogP contribution in [0.5, 0.6) is 11.5 Å². The van der Waals surface area contributed by atoms with E-state index in [1.807, 2.05) is 0 Å². The molecular weight excluding hydrogens is 595 g/mol. The topological polar surface area (TPSA) is 18.5 Å². The van der Waals surface area contributed by atoms with Crippen LogP contribution >= 0.6 is 8.85 Å². The van der Waals surface area contributed by atoms with Crippen LogP contribution in [0, 0.1) is 0 Å². The van der Waals surface area contributed by atoms with Crippen molar-refractivity contribution in [1.29, 1.82) is 0 Å². The molecule has 0 fully saturated rings. The Kier molecular flexibility index (Phi) is 5.55. The Morgan fingerprint density at radius 3 is 1.34 bits per heavy atom. The molecule has 7 heteroatoms. The quantitative estimate of drug-likeness (QED) is 0.239. The van der Waals surface area contributed by atoms with Gasteiger partial charge in [0.05, 0.1) is 0 Å². The molecule has 4 aromatic carbocycles. The van der Waals surface area contributed by atoms with Crippen molar-refractivity contribution in [3.8, 4) is 11.5 Å². The van der Waals surface area contributed by atoms with Crippen LogP contribution in [0.2, 0.25) is 0 Å². The number of hydrogen-bond acceptors (Lipinski definition) is 2. The number of rotatable bonds is 2. The van der Waals surface area contributed by atoms with Gasteiger partial charge in [-0.15, -0.1) is 0 Å². The molecule has 2 unspecified atom stereocenters. The molecule has 144 valence electrons.